The lowest BCUT2D eigenvalue weighted by Crippen LogP contribution is -2.54. The molecule has 1 fully saturated rings. The average molecular weight is 601 g/mol. The van der Waals surface area contributed by atoms with Crippen LogP contribution in [0.1, 0.15) is 74.1 Å². The molecule has 2 aromatic carbocycles. The van der Waals surface area contributed by atoms with Crippen molar-refractivity contribution >= 4 is 45.1 Å². The van der Waals surface area contributed by atoms with E-state index in [1.165, 1.54) is 0 Å². The zero-order chi connectivity index (χ0) is 31.4. The number of hydrogen-bond acceptors (Lipinski definition) is 8. The first-order valence-electron chi connectivity index (χ1n) is 15.5. The minimum atomic E-state index is -0.721. The van der Waals surface area contributed by atoms with Crippen LogP contribution in [0.15, 0.2) is 67.0 Å². The van der Waals surface area contributed by atoms with Gasteiger partial charge < -0.3 is 29.3 Å². The lowest BCUT2D eigenvalue weighted by molar-refractivity contribution is 0.0859. The molecule has 232 valence electrons. The van der Waals surface area contributed by atoms with Gasteiger partial charge in [-0.05, 0) is 76.9 Å². The largest absolute Gasteiger partial charge is 0.422 e. The normalized spacial score (nSPS) is 16.5. The van der Waals surface area contributed by atoms with E-state index in [0.29, 0.717) is 34.8 Å². The number of fused-ring (bicyclic) bond motifs is 2. The van der Waals surface area contributed by atoms with Gasteiger partial charge in [-0.3, -0.25) is 9.59 Å². The van der Waals surface area contributed by atoms with Gasteiger partial charge in [0.25, 0.3) is 11.8 Å². The number of nitrogens with one attached hydrogen (secondary N) is 2. The Bertz CT molecular complexity index is 1660. The molecule has 2 heterocycles. The summed E-state index contributed by atoms with van der Waals surface area (Å²) in [6.45, 7) is 11.5. The summed E-state index contributed by atoms with van der Waals surface area (Å²) < 4.78 is 11.1. The second-order valence-corrected chi connectivity index (χ2v) is 11.1. The van der Waals surface area contributed by atoms with Crippen LogP contribution in [0.4, 0.5) is 11.4 Å². The van der Waals surface area contributed by atoms with E-state index in [1.54, 1.807) is 12.1 Å². The molecule has 2 N–H and O–H groups in total. The number of nitrogens with zero attached hydrogens (tertiary/aromatic N) is 2. The van der Waals surface area contributed by atoms with Crippen LogP contribution in [0.5, 0.6) is 0 Å². The third-order valence-corrected chi connectivity index (χ3v) is 8.58. The summed E-state index contributed by atoms with van der Waals surface area (Å²) in [5.41, 5.74) is 1.07. The molecule has 0 unspecified atom stereocenters. The predicted octanol–water partition coefficient (Wildman–Crippen LogP) is 5.06. The third-order valence-electron chi connectivity index (χ3n) is 8.58. The smallest absolute Gasteiger partial charge is 0.349 e. The van der Waals surface area contributed by atoms with Crippen LogP contribution in [0, 0.1) is 0 Å². The first-order chi connectivity index (χ1) is 21.3. The standard InChI is InChI=1S/C34H40N4O6/c1-5-37(6-2)23-15-13-21-17-25(33(41)43-29(21)19-23)31(39)35-27-11-9-10-12-28(27)36-32(40)26-18-22-14-16-24(38(7-3)8-4)20-30(22)44-34(26)42/h13-20,27-28H,5-12H2,1-4H3,(H,35,39)(H,36,40)/t27-,28-/m0/s1. The van der Waals surface area contributed by atoms with Crippen molar-refractivity contribution in [1.82, 2.24) is 10.6 Å². The summed E-state index contributed by atoms with van der Waals surface area (Å²) in [6, 6.07) is 13.4. The van der Waals surface area contributed by atoms with Gasteiger partial charge in [0.05, 0.1) is 0 Å². The lowest BCUT2D eigenvalue weighted by Gasteiger charge is -2.32. The van der Waals surface area contributed by atoms with Crippen molar-refractivity contribution < 1.29 is 18.4 Å². The van der Waals surface area contributed by atoms with E-state index in [2.05, 4.69) is 48.1 Å². The monoisotopic (exact) mass is 600 g/mol. The zero-order valence-corrected chi connectivity index (χ0v) is 25.8. The van der Waals surface area contributed by atoms with Crippen molar-refractivity contribution in [1.29, 1.82) is 0 Å². The lowest BCUT2D eigenvalue weighted by atomic mass is 9.89. The summed E-state index contributed by atoms with van der Waals surface area (Å²) in [7, 11) is 0. The number of hydrogen-bond donors (Lipinski definition) is 2. The van der Waals surface area contributed by atoms with Crippen LogP contribution in [-0.2, 0) is 0 Å². The second-order valence-electron chi connectivity index (χ2n) is 11.1. The summed E-state index contributed by atoms with van der Waals surface area (Å²) in [5, 5.41) is 7.17. The molecule has 0 radical (unpaired) electrons. The minimum Gasteiger partial charge on any atom is -0.422 e. The first kappa shape index (κ1) is 30.8. The molecule has 4 aromatic rings. The molecule has 1 saturated carbocycles. The van der Waals surface area contributed by atoms with E-state index in [9.17, 15) is 19.2 Å². The van der Waals surface area contributed by atoms with E-state index < -0.39 is 35.1 Å². The van der Waals surface area contributed by atoms with Gasteiger partial charge in [-0.25, -0.2) is 9.59 Å². The van der Waals surface area contributed by atoms with Crippen LogP contribution in [0.25, 0.3) is 21.9 Å². The number of rotatable bonds is 10. The van der Waals surface area contributed by atoms with Gasteiger partial charge in [0.1, 0.15) is 22.3 Å². The fourth-order valence-corrected chi connectivity index (χ4v) is 6.06. The zero-order valence-electron chi connectivity index (χ0n) is 25.8. The molecular formula is C34H40N4O6. The molecule has 2 atom stereocenters. The molecule has 10 nitrogen and oxygen atoms in total. The van der Waals surface area contributed by atoms with E-state index in [4.69, 9.17) is 8.83 Å². The summed E-state index contributed by atoms with van der Waals surface area (Å²) in [4.78, 5) is 56.6. The highest BCUT2D eigenvalue weighted by Gasteiger charge is 2.30. The molecule has 0 spiro atoms. The van der Waals surface area contributed by atoms with Crippen molar-refractivity contribution in [2.45, 2.75) is 65.5 Å². The quantitative estimate of drug-likeness (QED) is 0.242. The molecule has 2 amide bonds. The van der Waals surface area contributed by atoms with Crippen LogP contribution >= 0.6 is 0 Å². The molecule has 2 aromatic heterocycles. The van der Waals surface area contributed by atoms with Gasteiger partial charge in [-0.2, -0.15) is 0 Å². The van der Waals surface area contributed by atoms with Crippen LogP contribution in [0.2, 0.25) is 0 Å². The summed E-state index contributed by atoms with van der Waals surface area (Å²) in [6.07, 6.45) is 2.93. The number of anilines is 2. The Morgan fingerprint density at radius 1 is 0.659 bits per heavy atom. The van der Waals surface area contributed by atoms with Gasteiger partial charge >= 0.3 is 11.3 Å². The van der Waals surface area contributed by atoms with Crippen molar-refractivity contribution in [2.24, 2.45) is 0 Å². The van der Waals surface area contributed by atoms with Crippen molar-refractivity contribution in [3.63, 3.8) is 0 Å². The SMILES string of the molecule is CCN(CC)c1ccc2cc(C(=O)N[C@H]3CCCC[C@@H]3NC(=O)c3cc4ccc(N(CC)CC)cc4oc3=O)c(=O)oc2c1. The van der Waals surface area contributed by atoms with Gasteiger partial charge in [0.2, 0.25) is 0 Å². The van der Waals surface area contributed by atoms with Crippen molar-refractivity contribution in [3.8, 4) is 0 Å². The Balaban J connectivity index is 1.33. The fraction of sp³-hybridized carbons (Fsp3) is 0.412. The molecule has 0 saturated heterocycles. The maximum absolute atomic E-state index is 13.3. The van der Waals surface area contributed by atoms with Crippen molar-refractivity contribution in [2.75, 3.05) is 36.0 Å². The topological polar surface area (TPSA) is 125 Å². The van der Waals surface area contributed by atoms with Crippen LogP contribution in [0.3, 0.4) is 0 Å². The summed E-state index contributed by atoms with van der Waals surface area (Å²) in [5.74, 6) is -1.12. The van der Waals surface area contributed by atoms with E-state index >= 15 is 0 Å². The molecular weight excluding hydrogens is 560 g/mol. The fourth-order valence-electron chi connectivity index (χ4n) is 6.06. The molecule has 0 aliphatic heterocycles. The molecule has 1 aliphatic rings. The Morgan fingerprint density at radius 2 is 1.05 bits per heavy atom. The van der Waals surface area contributed by atoms with E-state index in [0.717, 1.165) is 50.4 Å². The van der Waals surface area contributed by atoms with Crippen LogP contribution in [-0.4, -0.2) is 50.1 Å². The molecule has 44 heavy (non-hydrogen) atoms. The maximum Gasteiger partial charge on any atom is 0.349 e. The summed E-state index contributed by atoms with van der Waals surface area (Å²) >= 11 is 0. The maximum atomic E-state index is 13.3. The minimum absolute atomic E-state index is 0.0945. The Hall–Kier alpha value is -4.60. The van der Waals surface area contributed by atoms with Crippen LogP contribution < -0.4 is 31.7 Å². The number of amides is 2. The second kappa shape index (κ2) is 13.4. The number of carbonyl (C=O) groups is 2. The third kappa shape index (κ3) is 6.34. The van der Waals surface area contributed by atoms with Gasteiger partial charge in [-0.1, -0.05) is 12.8 Å². The average Bonchev–Trinajstić information content (AvgIpc) is 3.02. The van der Waals surface area contributed by atoms with Gasteiger partial charge in [0.15, 0.2) is 0 Å². The predicted molar refractivity (Wildman–Crippen MR) is 173 cm³/mol. The highest BCUT2D eigenvalue weighted by molar-refractivity contribution is 5.98. The number of benzene rings is 2. The Labute approximate surface area is 256 Å². The highest BCUT2D eigenvalue weighted by Crippen LogP contribution is 2.24. The van der Waals surface area contributed by atoms with E-state index in [-0.39, 0.29) is 11.1 Å². The van der Waals surface area contributed by atoms with E-state index in [1.807, 2.05) is 36.4 Å². The van der Waals surface area contributed by atoms with Gasteiger partial charge in [-0.15, -0.1) is 0 Å². The first-order valence-corrected chi connectivity index (χ1v) is 15.5. The molecule has 0 bridgehead atoms. The van der Waals surface area contributed by atoms with Crippen molar-refractivity contribution in [3.05, 3.63) is 80.5 Å². The molecule has 5 rings (SSSR count). The Kier molecular flexibility index (Phi) is 9.37. The number of carbonyl (C=O) groups excluding carboxylic acids is 2. The highest BCUT2D eigenvalue weighted by atomic mass is 16.4. The van der Waals surface area contributed by atoms with Gasteiger partial charge in [0, 0.05) is 72.5 Å². The molecule has 10 heteroatoms. The molecule has 1 aliphatic carbocycles. The Morgan fingerprint density at radius 3 is 1.41 bits per heavy atom.